The monoisotopic (exact) mass is 612 g/mol. The second kappa shape index (κ2) is 12.1. The SMILES string of the molecule is CC(C)N(C(=O)NCc1ccccc1)N1CC(=O)N2[C@@H](Cc3ccc(N)cc3)C(=O)N(Cc3cccc4sc(N)nc34)C[C@@H]21. The number of nitrogen functional groups attached to an aromatic ring is 2. The maximum absolute atomic E-state index is 14.2. The van der Waals surface area contributed by atoms with Crippen LogP contribution in [-0.4, -0.2) is 74.0 Å². The zero-order valence-electron chi connectivity index (χ0n) is 24.7. The highest BCUT2D eigenvalue weighted by Crippen LogP contribution is 2.33. The Morgan fingerprint density at radius 3 is 2.50 bits per heavy atom. The van der Waals surface area contributed by atoms with Crippen LogP contribution in [0, 0.1) is 0 Å². The van der Waals surface area contributed by atoms with E-state index in [1.807, 2.05) is 79.5 Å². The van der Waals surface area contributed by atoms with Gasteiger partial charge >= 0.3 is 6.03 Å². The second-order valence-electron chi connectivity index (χ2n) is 11.5. The number of carbonyl (C=O) groups excluding carboxylic acids is 3. The number of piperazine rings is 1. The van der Waals surface area contributed by atoms with E-state index < -0.39 is 12.2 Å². The number of hydrazine groups is 1. The van der Waals surface area contributed by atoms with Gasteiger partial charge < -0.3 is 26.6 Å². The number of carbonyl (C=O) groups is 3. The Kier molecular flexibility index (Phi) is 8.11. The van der Waals surface area contributed by atoms with Gasteiger partial charge in [-0.05, 0) is 48.7 Å². The van der Waals surface area contributed by atoms with E-state index in [0.29, 0.717) is 30.3 Å². The first-order valence-corrected chi connectivity index (χ1v) is 15.5. The number of nitrogens with zero attached hydrogens (tertiary/aromatic N) is 5. The number of thiazole rings is 1. The lowest BCUT2D eigenvalue weighted by atomic mass is 9.99. The van der Waals surface area contributed by atoms with E-state index in [2.05, 4.69) is 10.3 Å². The zero-order valence-corrected chi connectivity index (χ0v) is 25.5. The third-order valence-electron chi connectivity index (χ3n) is 8.12. The smallest absolute Gasteiger partial charge is 0.332 e. The zero-order chi connectivity index (χ0) is 31.0. The molecular weight excluding hydrogens is 576 g/mol. The Balaban J connectivity index is 1.32. The van der Waals surface area contributed by atoms with Crippen LogP contribution in [-0.2, 0) is 29.1 Å². The average molecular weight is 613 g/mol. The molecule has 0 spiro atoms. The van der Waals surface area contributed by atoms with Crippen LogP contribution >= 0.6 is 11.3 Å². The van der Waals surface area contributed by atoms with Crippen LogP contribution in [0.15, 0.2) is 72.8 Å². The number of hydrogen-bond donors (Lipinski definition) is 3. The van der Waals surface area contributed by atoms with Crippen LogP contribution in [0.1, 0.15) is 30.5 Å². The van der Waals surface area contributed by atoms with Gasteiger partial charge in [0.25, 0.3) is 0 Å². The number of fused-ring (bicyclic) bond motifs is 2. The van der Waals surface area contributed by atoms with Gasteiger partial charge in [0.2, 0.25) is 11.8 Å². The molecule has 228 valence electrons. The maximum atomic E-state index is 14.2. The van der Waals surface area contributed by atoms with Crippen molar-refractivity contribution in [1.29, 1.82) is 0 Å². The summed E-state index contributed by atoms with van der Waals surface area (Å²) in [4.78, 5) is 49.5. The van der Waals surface area contributed by atoms with Gasteiger partial charge in [-0.1, -0.05) is 65.9 Å². The summed E-state index contributed by atoms with van der Waals surface area (Å²) in [7, 11) is 0. The summed E-state index contributed by atoms with van der Waals surface area (Å²) >= 11 is 1.40. The van der Waals surface area contributed by atoms with Crippen molar-refractivity contribution in [2.24, 2.45) is 0 Å². The lowest BCUT2D eigenvalue weighted by molar-refractivity contribution is -0.158. The van der Waals surface area contributed by atoms with Crippen LogP contribution in [0.4, 0.5) is 15.6 Å². The number of amides is 4. The summed E-state index contributed by atoms with van der Waals surface area (Å²) in [5, 5.41) is 6.90. The number of rotatable bonds is 8. The molecule has 11 nitrogen and oxygen atoms in total. The molecule has 6 rings (SSSR count). The molecule has 4 amide bonds. The fourth-order valence-corrected chi connectivity index (χ4v) is 6.88. The van der Waals surface area contributed by atoms with Crippen molar-refractivity contribution >= 4 is 50.2 Å². The summed E-state index contributed by atoms with van der Waals surface area (Å²) in [5.41, 5.74) is 16.1. The summed E-state index contributed by atoms with van der Waals surface area (Å²) in [6, 6.07) is 21.6. The lowest BCUT2D eigenvalue weighted by Crippen LogP contribution is -2.66. The van der Waals surface area contributed by atoms with Crippen molar-refractivity contribution in [2.75, 3.05) is 24.6 Å². The molecule has 44 heavy (non-hydrogen) atoms. The maximum Gasteiger partial charge on any atom is 0.332 e. The van der Waals surface area contributed by atoms with E-state index in [1.165, 1.54) is 11.3 Å². The van der Waals surface area contributed by atoms with Gasteiger partial charge in [0.1, 0.15) is 12.2 Å². The van der Waals surface area contributed by atoms with Crippen LogP contribution in [0.25, 0.3) is 10.2 Å². The fourth-order valence-electron chi connectivity index (χ4n) is 6.10. The molecule has 0 saturated carbocycles. The highest BCUT2D eigenvalue weighted by Gasteiger charge is 2.52. The number of benzene rings is 3. The molecule has 0 bridgehead atoms. The molecule has 0 radical (unpaired) electrons. The largest absolute Gasteiger partial charge is 0.399 e. The highest BCUT2D eigenvalue weighted by atomic mass is 32.1. The second-order valence-corrected chi connectivity index (χ2v) is 12.5. The molecule has 2 aliphatic heterocycles. The van der Waals surface area contributed by atoms with E-state index in [9.17, 15) is 14.4 Å². The van der Waals surface area contributed by atoms with Crippen molar-refractivity contribution in [3.63, 3.8) is 0 Å². The van der Waals surface area contributed by atoms with Gasteiger partial charge in [-0.3, -0.25) is 14.6 Å². The third-order valence-corrected chi connectivity index (χ3v) is 8.97. The Hall–Kier alpha value is -4.68. The molecule has 0 aliphatic carbocycles. The number of hydrogen-bond acceptors (Lipinski definition) is 8. The van der Waals surface area contributed by atoms with Crippen molar-refractivity contribution in [3.05, 3.63) is 89.5 Å². The predicted molar refractivity (Wildman–Crippen MR) is 171 cm³/mol. The Labute approximate surface area is 260 Å². The van der Waals surface area contributed by atoms with Crippen LogP contribution in [0.5, 0.6) is 0 Å². The molecule has 2 fully saturated rings. The first-order chi connectivity index (χ1) is 21.2. The van der Waals surface area contributed by atoms with Crippen molar-refractivity contribution < 1.29 is 14.4 Å². The van der Waals surface area contributed by atoms with Crippen molar-refractivity contribution in [1.82, 2.24) is 30.1 Å². The molecule has 2 saturated heterocycles. The van der Waals surface area contributed by atoms with Gasteiger partial charge in [0, 0.05) is 31.2 Å². The first-order valence-electron chi connectivity index (χ1n) is 14.7. The van der Waals surface area contributed by atoms with Gasteiger partial charge in [-0.25, -0.2) is 9.78 Å². The van der Waals surface area contributed by atoms with Gasteiger partial charge in [0.05, 0.1) is 23.3 Å². The fraction of sp³-hybridized carbons (Fsp3) is 0.312. The molecule has 0 unspecified atom stereocenters. The Morgan fingerprint density at radius 2 is 1.77 bits per heavy atom. The quantitative estimate of drug-likeness (QED) is 0.259. The summed E-state index contributed by atoms with van der Waals surface area (Å²) in [5.74, 6) is -0.350. The predicted octanol–water partition coefficient (Wildman–Crippen LogP) is 3.42. The standard InChI is InChI=1S/C32H36N8O3S/c1-20(2)40(32(43)35-16-22-7-4-3-5-8-22)38-19-28(41)39-25(15-21-11-13-24(33)14-12-21)30(42)37(18-27(38)39)17-23-9-6-10-26-29(23)36-31(34)44-26/h3-14,20,25,27H,15-19,33H2,1-2H3,(H2,34,36)(H,35,43)/t25-,27+/m0/s1. The van der Waals surface area contributed by atoms with E-state index in [1.54, 1.807) is 26.9 Å². The summed E-state index contributed by atoms with van der Waals surface area (Å²) in [6.45, 7) is 4.70. The minimum absolute atomic E-state index is 0.0147. The van der Waals surface area contributed by atoms with Gasteiger partial charge in [0.15, 0.2) is 5.13 Å². The molecule has 3 heterocycles. The minimum Gasteiger partial charge on any atom is -0.399 e. The Morgan fingerprint density at radius 1 is 1.02 bits per heavy atom. The summed E-state index contributed by atoms with van der Waals surface area (Å²) < 4.78 is 0.947. The number of anilines is 2. The molecule has 4 aromatic rings. The number of nitrogens with two attached hydrogens (primary N) is 2. The van der Waals surface area contributed by atoms with E-state index in [0.717, 1.165) is 26.9 Å². The van der Waals surface area contributed by atoms with E-state index in [4.69, 9.17) is 11.5 Å². The lowest BCUT2D eigenvalue weighted by Gasteiger charge is -2.47. The van der Waals surface area contributed by atoms with Gasteiger partial charge in [-0.2, -0.15) is 5.01 Å². The van der Waals surface area contributed by atoms with E-state index >= 15 is 0 Å². The number of nitrogens with one attached hydrogen (secondary N) is 1. The van der Waals surface area contributed by atoms with Gasteiger partial charge in [-0.15, -0.1) is 0 Å². The number of aromatic nitrogens is 1. The number of urea groups is 1. The molecular formula is C32H36N8O3S. The number of para-hydroxylation sites is 1. The van der Waals surface area contributed by atoms with Crippen LogP contribution in [0.3, 0.4) is 0 Å². The molecule has 12 heteroatoms. The van der Waals surface area contributed by atoms with Crippen LogP contribution in [0.2, 0.25) is 0 Å². The normalized spacial score (nSPS) is 18.7. The molecule has 3 aromatic carbocycles. The van der Waals surface area contributed by atoms with Crippen LogP contribution < -0.4 is 16.8 Å². The summed E-state index contributed by atoms with van der Waals surface area (Å²) in [6.07, 6.45) is -0.218. The molecule has 2 atom stereocenters. The topological polar surface area (TPSA) is 141 Å². The van der Waals surface area contributed by atoms with Crippen molar-refractivity contribution in [3.8, 4) is 0 Å². The molecule has 2 aliphatic rings. The third kappa shape index (κ3) is 5.78. The van der Waals surface area contributed by atoms with E-state index in [-0.39, 0.29) is 37.0 Å². The average Bonchev–Trinajstić information content (AvgIpc) is 3.54. The molecule has 5 N–H and O–H groups in total. The van der Waals surface area contributed by atoms with Crippen molar-refractivity contribution in [2.45, 2.75) is 51.6 Å². The Bertz CT molecular complexity index is 1680. The highest BCUT2D eigenvalue weighted by molar-refractivity contribution is 7.22. The first kappa shape index (κ1) is 29.4. The minimum atomic E-state index is -0.754. The molecule has 1 aromatic heterocycles.